The predicted molar refractivity (Wildman–Crippen MR) is 76.3 cm³/mol. The van der Waals surface area contributed by atoms with Gasteiger partial charge in [0, 0.05) is 24.9 Å². The van der Waals surface area contributed by atoms with Crippen LogP contribution in [0.2, 0.25) is 0 Å². The SMILES string of the molecule is CC(Nc1ccc(S(=O)(=O)C(F)(F)F)cc1)C1CCOCC1. The number of halogens is 3. The van der Waals surface area contributed by atoms with E-state index in [1.807, 2.05) is 6.92 Å². The van der Waals surface area contributed by atoms with Crippen molar-refractivity contribution in [3.8, 4) is 0 Å². The zero-order valence-corrected chi connectivity index (χ0v) is 12.9. The Morgan fingerprint density at radius 1 is 1.18 bits per heavy atom. The van der Waals surface area contributed by atoms with E-state index in [0.717, 1.165) is 25.0 Å². The van der Waals surface area contributed by atoms with Crippen molar-refractivity contribution < 1.29 is 26.3 Å². The molecule has 0 aliphatic carbocycles. The summed E-state index contributed by atoms with van der Waals surface area (Å²) in [6, 6.07) is 4.79. The standard InChI is InChI=1S/C14H18F3NO3S/c1-10(11-6-8-21-9-7-11)18-12-2-4-13(5-3-12)22(19,20)14(15,16)17/h2-5,10-11,18H,6-9H2,1H3. The van der Waals surface area contributed by atoms with Crippen molar-refractivity contribution in [2.75, 3.05) is 18.5 Å². The molecule has 22 heavy (non-hydrogen) atoms. The Hall–Kier alpha value is -1.28. The first-order valence-electron chi connectivity index (χ1n) is 6.97. The first-order chi connectivity index (χ1) is 10.2. The van der Waals surface area contributed by atoms with E-state index in [1.54, 1.807) is 0 Å². The van der Waals surface area contributed by atoms with Crippen LogP contribution in [0.25, 0.3) is 0 Å². The van der Waals surface area contributed by atoms with Gasteiger partial charge in [-0.3, -0.25) is 0 Å². The summed E-state index contributed by atoms with van der Waals surface area (Å²) in [7, 11) is -5.29. The first kappa shape index (κ1) is 17.1. The Labute approximate surface area is 127 Å². The summed E-state index contributed by atoms with van der Waals surface area (Å²) in [6.45, 7) is 3.41. The zero-order chi connectivity index (χ0) is 16.4. The Bertz CT molecular complexity index is 593. The maximum Gasteiger partial charge on any atom is 0.501 e. The monoisotopic (exact) mass is 337 g/mol. The van der Waals surface area contributed by atoms with Gasteiger partial charge in [0.15, 0.2) is 0 Å². The van der Waals surface area contributed by atoms with Crippen molar-refractivity contribution in [2.45, 2.75) is 36.2 Å². The van der Waals surface area contributed by atoms with Crippen molar-refractivity contribution in [2.24, 2.45) is 5.92 Å². The molecule has 0 spiro atoms. The first-order valence-corrected chi connectivity index (χ1v) is 8.46. The van der Waals surface area contributed by atoms with Crippen LogP contribution in [0.5, 0.6) is 0 Å². The number of benzene rings is 1. The van der Waals surface area contributed by atoms with Gasteiger partial charge in [0.05, 0.1) is 4.90 Å². The second kappa shape index (κ2) is 6.45. The van der Waals surface area contributed by atoms with Crippen LogP contribution >= 0.6 is 0 Å². The second-order valence-corrected chi connectivity index (χ2v) is 7.30. The van der Waals surface area contributed by atoms with Crippen LogP contribution in [0.1, 0.15) is 19.8 Å². The number of nitrogens with one attached hydrogen (secondary N) is 1. The fraction of sp³-hybridized carbons (Fsp3) is 0.571. The molecule has 0 radical (unpaired) electrons. The minimum Gasteiger partial charge on any atom is -0.382 e. The van der Waals surface area contributed by atoms with Gasteiger partial charge in [-0.1, -0.05) is 0 Å². The number of ether oxygens (including phenoxy) is 1. The Balaban J connectivity index is 2.06. The highest BCUT2D eigenvalue weighted by atomic mass is 32.2. The molecule has 1 aromatic rings. The molecule has 4 nitrogen and oxygen atoms in total. The van der Waals surface area contributed by atoms with Gasteiger partial charge in [-0.25, -0.2) is 8.42 Å². The molecule has 1 aliphatic rings. The maximum atomic E-state index is 12.5. The van der Waals surface area contributed by atoms with E-state index >= 15 is 0 Å². The van der Waals surface area contributed by atoms with Crippen LogP contribution in [0.3, 0.4) is 0 Å². The fourth-order valence-electron chi connectivity index (χ4n) is 2.46. The van der Waals surface area contributed by atoms with Gasteiger partial charge >= 0.3 is 5.51 Å². The second-order valence-electron chi connectivity index (χ2n) is 5.36. The number of sulfone groups is 1. The molecule has 0 aromatic heterocycles. The van der Waals surface area contributed by atoms with Gasteiger partial charge in [-0.05, 0) is 49.9 Å². The van der Waals surface area contributed by atoms with E-state index in [-0.39, 0.29) is 6.04 Å². The summed E-state index contributed by atoms with van der Waals surface area (Å²) in [4.78, 5) is -0.746. The molecule has 8 heteroatoms. The molecule has 1 atom stereocenters. The van der Waals surface area contributed by atoms with Crippen LogP contribution in [0.4, 0.5) is 18.9 Å². The van der Waals surface area contributed by atoms with E-state index < -0.39 is 20.2 Å². The van der Waals surface area contributed by atoms with Crippen molar-refractivity contribution in [3.05, 3.63) is 24.3 Å². The largest absolute Gasteiger partial charge is 0.501 e. The quantitative estimate of drug-likeness (QED) is 0.917. The average molecular weight is 337 g/mol. The summed E-state index contributed by atoms with van der Waals surface area (Å²) < 4.78 is 65.2. The number of hydrogen-bond donors (Lipinski definition) is 1. The van der Waals surface area contributed by atoms with E-state index in [0.29, 0.717) is 24.8 Å². The zero-order valence-electron chi connectivity index (χ0n) is 12.1. The lowest BCUT2D eigenvalue weighted by Crippen LogP contribution is -2.31. The maximum absolute atomic E-state index is 12.5. The third-order valence-corrected chi connectivity index (χ3v) is 5.34. The number of rotatable bonds is 4. The van der Waals surface area contributed by atoms with Crippen molar-refractivity contribution >= 4 is 15.5 Å². The summed E-state index contributed by atoms with van der Waals surface area (Å²) in [5, 5.41) is 3.20. The molecule has 2 rings (SSSR count). The summed E-state index contributed by atoms with van der Waals surface area (Å²) in [5.41, 5.74) is -4.68. The van der Waals surface area contributed by atoms with E-state index in [2.05, 4.69) is 5.32 Å². The summed E-state index contributed by atoms with van der Waals surface area (Å²) in [6.07, 6.45) is 1.85. The molecule has 0 bridgehead atoms. The molecular weight excluding hydrogens is 319 g/mol. The predicted octanol–water partition coefficient (Wildman–Crippen LogP) is 3.21. The summed E-state index contributed by atoms with van der Waals surface area (Å²) in [5.74, 6) is 0.423. The molecule has 0 amide bonds. The van der Waals surface area contributed by atoms with Gasteiger partial charge in [0.2, 0.25) is 0 Å². The van der Waals surface area contributed by atoms with Crippen LogP contribution in [-0.2, 0) is 14.6 Å². The lowest BCUT2D eigenvalue weighted by atomic mass is 9.93. The number of alkyl halides is 3. The van der Waals surface area contributed by atoms with Crippen molar-refractivity contribution in [3.63, 3.8) is 0 Å². The highest BCUT2D eigenvalue weighted by Gasteiger charge is 2.46. The molecule has 1 heterocycles. The lowest BCUT2D eigenvalue weighted by molar-refractivity contribution is -0.0436. The molecule has 1 saturated heterocycles. The normalized spacial score (nSPS) is 18.9. The highest BCUT2D eigenvalue weighted by molar-refractivity contribution is 7.92. The Kier molecular flexibility index (Phi) is 5.01. The molecule has 1 N–H and O–H groups in total. The third-order valence-electron chi connectivity index (χ3n) is 3.84. The van der Waals surface area contributed by atoms with Crippen molar-refractivity contribution in [1.82, 2.24) is 0 Å². The van der Waals surface area contributed by atoms with E-state index in [4.69, 9.17) is 4.74 Å². The smallest absolute Gasteiger partial charge is 0.382 e. The van der Waals surface area contributed by atoms with Gasteiger partial charge in [-0.2, -0.15) is 13.2 Å². The molecular formula is C14H18F3NO3S. The fourth-order valence-corrected chi connectivity index (χ4v) is 3.22. The molecule has 1 aromatic carbocycles. The highest BCUT2D eigenvalue weighted by Crippen LogP contribution is 2.31. The number of anilines is 1. The molecule has 1 fully saturated rings. The van der Waals surface area contributed by atoms with Crippen molar-refractivity contribution in [1.29, 1.82) is 0 Å². The molecule has 124 valence electrons. The van der Waals surface area contributed by atoms with Crippen LogP contribution in [0.15, 0.2) is 29.2 Å². The topological polar surface area (TPSA) is 55.4 Å². The van der Waals surface area contributed by atoms with E-state index in [9.17, 15) is 21.6 Å². The van der Waals surface area contributed by atoms with Gasteiger partial charge < -0.3 is 10.1 Å². The van der Waals surface area contributed by atoms with Gasteiger partial charge in [0.1, 0.15) is 0 Å². The Morgan fingerprint density at radius 3 is 2.23 bits per heavy atom. The average Bonchev–Trinajstić information content (AvgIpc) is 2.47. The minimum absolute atomic E-state index is 0.133. The molecule has 1 aliphatic heterocycles. The lowest BCUT2D eigenvalue weighted by Gasteiger charge is -2.29. The van der Waals surface area contributed by atoms with Crippen LogP contribution in [0, 0.1) is 5.92 Å². The van der Waals surface area contributed by atoms with Gasteiger partial charge in [-0.15, -0.1) is 0 Å². The van der Waals surface area contributed by atoms with Crippen LogP contribution < -0.4 is 5.32 Å². The third kappa shape index (κ3) is 3.73. The van der Waals surface area contributed by atoms with Gasteiger partial charge in [0.25, 0.3) is 9.84 Å². The number of hydrogen-bond acceptors (Lipinski definition) is 4. The minimum atomic E-state index is -5.29. The Morgan fingerprint density at radius 2 is 1.73 bits per heavy atom. The van der Waals surface area contributed by atoms with Crippen LogP contribution in [-0.4, -0.2) is 33.2 Å². The molecule has 0 saturated carbocycles. The molecule has 1 unspecified atom stereocenters. The summed E-state index contributed by atoms with van der Waals surface area (Å²) >= 11 is 0. The van der Waals surface area contributed by atoms with E-state index in [1.165, 1.54) is 12.1 Å².